The van der Waals surface area contributed by atoms with Gasteiger partial charge in [-0.3, -0.25) is 10.1 Å². The second-order valence-electron chi connectivity index (χ2n) is 6.81. The van der Waals surface area contributed by atoms with Crippen LogP contribution in [-0.4, -0.2) is 22.6 Å². The highest BCUT2D eigenvalue weighted by Gasteiger charge is 2.46. The standard InChI is InChI=1S/C20H17NO7/c22-18-16(19(23)28-20(27-18)10-2-1-3-11-20)12-15-8-9-17(26-15)13-4-6-14(7-5-13)21(24)25/h4-9,12H,1-3,10-11H2. The van der Waals surface area contributed by atoms with Gasteiger partial charge in [0.2, 0.25) is 0 Å². The number of carbonyl (C=O) groups excluding carboxylic acids is 2. The Morgan fingerprint density at radius 1 is 0.929 bits per heavy atom. The molecule has 2 fully saturated rings. The van der Waals surface area contributed by atoms with Gasteiger partial charge in [-0.25, -0.2) is 9.59 Å². The number of nitro groups is 1. The Hall–Kier alpha value is -3.42. The molecular formula is C20H17NO7. The summed E-state index contributed by atoms with van der Waals surface area (Å²) in [6, 6.07) is 9.10. The fraction of sp³-hybridized carbons (Fsp3) is 0.300. The highest BCUT2D eigenvalue weighted by Crippen LogP contribution is 2.37. The lowest BCUT2D eigenvalue weighted by molar-refractivity contribution is -0.384. The molecule has 28 heavy (non-hydrogen) atoms. The third-order valence-corrected chi connectivity index (χ3v) is 4.89. The van der Waals surface area contributed by atoms with E-state index in [1.807, 2.05) is 0 Å². The van der Waals surface area contributed by atoms with Gasteiger partial charge >= 0.3 is 11.9 Å². The van der Waals surface area contributed by atoms with E-state index in [2.05, 4.69) is 0 Å². The summed E-state index contributed by atoms with van der Waals surface area (Å²) in [5.41, 5.74) is 0.382. The van der Waals surface area contributed by atoms with Crippen molar-refractivity contribution >= 4 is 23.7 Å². The molecule has 0 atom stereocenters. The van der Waals surface area contributed by atoms with Crippen molar-refractivity contribution in [1.29, 1.82) is 0 Å². The van der Waals surface area contributed by atoms with Gasteiger partial charge in [0, 0.05) is 36.6 Å². The van der Waals surface area contributed by atoms with Gasteiger partial charge in [-0.05, 0) is 37.1 Å². The number of hydrogen-bond donors (Lipinski definition) is 0. The van der Waals surface area contributed by atoms with Crippen molar-refractivity contribution < 1.29 is 28.4 Å². The number of non-ortho nitro benzene ring substituents is 1. The van der Waals surface area contributed by atoms with Gasteiger partial charge in [0.05, 0.1) is 4.92 Å². The van der Waals surface area contributed by atoms with Gasteiger partial charge in [0.25, 0.3) is 11.5 Å². The third kappa shape index (κ3) is 3.40. The predicted molar refractivity (Wildman–Crippen MR) is 96.8 cm³/mol. The minimum absolute atomic E-state index is 0.0259. The van der Waals surface area contributed by atoms with E-state index in [1.165, 1.54) is 18.2 Å². The van der Waals surface area contributed by atoms with Gasteiger partial charge in [-0.2, -0.15) is 0 Å². The first-order valence-electron chi connectivity index (χ1n) is 8.99. The largest absolute Gasteiger partial charge is 0.457 e. The van der Waals surface area contributed by atoms with E-state index < -0.39 is 22.6 Å². The molecule has 4 rings (SSSR count). The molecule has 1 aliphatic heterocycles. The molecule has 1 spiro atoms. The SMILES string of the molecule is O=C1OC2(CCCCC2)OC(=O)C1=Cc1ccc(-c2ccc([N+](=O)[O-])cc2)o1. The number of nitrogens with zero attached hydrogens (tertiary/aromatic N) is 1. The molecule has 2 aromatic rings. The summed E-state index contributed by atoms with van der Waals surface area (Å²) in [7, 11) is 0. The summed E-state index contributed by atoms with van der Waals surface area (Å²) in [5, 5.41) is 10.7. The molecule has 0 radical (unpaired) electrons. The van der Waals surface area contributed by atoms with Crippen molar-refractivity contribution in [3.8, 4) is 11.3 Å². The molecule has 0 amide bonds. The Kier molecular flexibility index (Phi) is 4.46. The number of hydrogen-bond acceptors (Lipinski definition) is 7. The second-order valence-corrected chi connectivity index (χ2v) is 6.81. The van der Waals surface area contributed by atoms with E-state index in [0.717, 1.165) is 19.3 Å². The van der Waals surface area contributed by atoms with E-state index in [0.29, 0.717) is 24.2 Å². The van der Waals surface area contributed by atoms with Crippen molar-refractivity contribution in [3.05, 3.63) is 57.8 Å². The maximum atomic E-state index is 12.4. The van der Waals surface area contributed by atoms with Gasteiger partial charge in [-0.1, -0.05) is 6.42 Å². The summed E-state index contributed by atoms with van der Waals surface area (Å²) >= 11 is 0. The zero-order valence-electron chi connectivity index (χ0n) is 14.9. The van der Waals surface area contributed by atoms with Crippen LogP contribution in [0.1, 0.15) is 37.9 Å². The third-order valence-electron chi connectivity index (χ3n) is 4.89. The van der Waals surface area contributed by atoms with E-state index in [1.54, 1.807) is 24.3 Å². The maximum Gasteiger partial charge on any atom is 0.349 e. The lowest BCUT2D eigenvalue weighted by Crippen LogP contribution is -2.47. The molecule has 1 aliphatic carbocycles. The van der Waals surface area contributed by atoms with Crippen LogP contribution in [0.5, 0.6) is 0 Å². The van der Waals surface area contributed by atoms with Crippen LogP contribution in [0.25, 0.3) is 17.4 Å². The van der Waals surface area contributed by atoms with Gasteiger partial charge < -0.3 is 13.9 Å². The zero-order valence-corrected chi connectivity index (χ0v) is 14.9. The van der Waals surface area contributed by atoms with Crippen LogP contribution in [0.15, 0.2) is 46.4 Å². The van der Waals surface area contributed by atoms with E-state index >= 15 is 0 Å². The van der Waals surface area contributed by atoms with Crippen LogP contribution in [0.3, 0.4) is 0 Å². The lowest BCUT2D eigenvalue weighted by Gasteiger charge is -2.38. The minimum Gasteiger partial charge on any atom is -0.457 e. The molecule has 2 aliphatic rings. The Balaban J connectivity index is 1.54. The number of esters is 2. The van der Waals surface area contributed by atoms with Gasteiger partial charge in [-0.15, -0.1) is 0 Å². The molecule has 1 aromatic carbocycles. The van der Waals surface area contributed by atoms with E-state index in [9.17, 15) is 19.7 Å². The number of carbonyl (C=O) groups is 2. The Bertz CT molecular complexity index is 943. The summed E-state index contributed by atoms with van der Waals surface area (Å²) in [4.78, 5) is 35.0. The van der Waals surface area contributed by atoms with Crippen molar-refractivity contribution in [2.24, 2.45) is 0 Å². The average Bonchev–Trinajstić information content (AvgIpc) is 3.14. The molecule has 0 bridgehead atoms. The highest BCUT2D eigenvalue weighted by atomic mass is 16.7. The van der Waals surface area contributed by atoms with Gasteiger partial charge in [0.15, 0.2) is 0 Å². The van der Waals surface area contributed by atoms with Crippen molar-refractivity contribution in [3.63, 3.8) is 0 Å². The van der Waals surface area contributed by atoms with Gasteiger partial charge in [0.1, 0.15) is 17.1 Å². The first kappa shape index (κ1) is 18.0. The predicted octanol–water partition coefficient (Wildman–Crippen LogP) is 4.00. The molecule has 1 saturated heterocycles. The van der Waals surface area contributed by atoms with Crippen LogP contribution < -0.4 is 0 Å². The first-order valence-corrected chi connectivity index (χ1v) is 8.99. The van der Waals surface area contributed by atoms with Crippen molar-refractivity contribution in [2.75, 3.05) is 0 Å². The summed E-state index contributed by atoms with van der Waals surface area (Å²) < 4.78 is 16.5. The molecule has 1 saturated carbocycles. The quantitative estimate of drug-likeness (QED) is 0.259. The van der Waals surface area contributed by atoms with Crippen LogP contribution in [0.4, 0.5) is 5.69 Å². The molecular weight excluding hydrogens is 366 g/mol. The van der Waals surface area contributed by atoms with Crippen LogP contribution in [-0.2, 0) is 19.1 Å². The average molecular weight is 383 g/mol. The summed E-state index contributed by atoms with van der Waals surface area (Å²) in [5.74, 6) is -1.84. The summed E-state index contributed by atoms with van der Waals surface area (Å²) in [6.07, 6.45) is 5.03. The molecule has 144 valence electrons. The monoisotopic (exact) mass is 383 g/mol. The van der Waals surface area contributed by atoms with E-state index in [-0.39, 0.29) is 17.0 Å². The minimum atomic E-state index is -1.13. The highest BCUT2D eigenvalue weighted by molar-refractivity contribution is 6.18. The van der Waals surface area contributed by atoms with Crippen LogP contribution in [0.2, 0.25) is 0 Å². The molecule has 0 N–H and O–H groups in total. The second kappa shape index (κ2) is 6.95. The number of nitro benzene ring substituents is 1. The van der Waals surface area contributed by atoms with Crippen LogP contribution in [0, 0.1) is 10.1 Å². The number of furan rings is 1. The number of benzene rings is 1. The first-order chi connectivity index (χ1) is 13.5. The normalized spacial score (nSPS) is 18.5. The Labute approximate surface area is 159 Å². The topological polar surface area (TPSA) is 109 Å². The fourth-order valence-corrected chi connectivity index (χ4v) is 3.44. The molecule has 8 heteroatoms. The molecule has 0 unspecified atom stereocenters. The van der Waals surface area contributed by atoms with Crippen LogP contribution >= 0.6 is 0 Å². The van der Waals surface area contributed by atoms with Crippen molar-refractivity contribution in [2.45, 2.75) is 37.9 Å². The number of rotatable bonds is 3. The number of ether oxygens (including phenoxy) is 2. The smallest absolute Gasteiger partial charge is 0.349 e. The van der Waals surface area contributed by atoms with E-state index in [4.69, 9.17) is 13.9 Å². The maximum absolute atomic E-state index is 12.4. The molecule has 1 aromatic heterocycles. The Morgan fingerprint density at radius 2 is 1.57 bits per heavy atom. The lowest BCUT2D eigenvalue weighted by atomic mass is 9.93. The molecule has 2 heterocycles. The zero-order chi connectivity index (χ0) is 19.7. The fourth-order valence-electron chi connectivity index (χ4n) is 3.44. The molecule has 8 nitrogen and oxygen atoms in total. The summed E-state index contributed by atoms with van der Waals surface area (Å²) in [6.45, 7) is 0. The van der Waals surface area contributed by atoms with Crippen molar-refractivity contribution in [1.82, 2.24) is 0 Å². The Morgan fingerprint density at radius 3 is 2.18 bits per heavy atom.